The van der Waals surface area contributed by atoms with Crippen molar-refractivity contribution < 1.29 is 9.59 Å². The standard InChI is InChI=1S/C21H33N5O2/c1-14(2)24-20(27)18-12-15(22)13-26(18)21(28)17-10-7-11-23-19(17)25(3)16-8-5-4-6-9-16/h7,10-11,14-16,18H,4-6,8-9,12-13,22H2,1-3H3,(H,24,27)/t15-,18-/m0/s1. The van der Waals surface area contributed by atoms with Crippen molar-refractivity contribution in [1.82, 2.24) is 15.2 Å². The Morgan fingerprint density at radius 1 is 1.29 bits per heavy atom. The third kappa shape index (κ3) is 4.46. The number of rotatable bonds is 5. The van der Waals surface area contributed by atoms with Crippen LogP contribution in [0.4, 0.5) is 5.82 Å². The fourth-order valence-electron chi connectivity index (χ4n) is 4.36. The maximum atomic E-state index is 13.4. The summed E-state index contributed by atoms with van der Waals surface area (Å²) in [5, 5.41) is 2.92. The Morgan fingerprint density at radius 2 is 2.00 bits per heavy atom. The molecule has 1 aromatic rings. The van der Waals surface area contributed by atoms with Crippen LogP contribution in [-0.4, -0.2) is 59.5 Å². The molecule has 1 saturated carbocycles. The van der Waals surface area contributed by atoms with Crippen molar-refractivity contribution in [3.63, 3.8) is 0 Å². The zero-order chi connectivity index (χ0) is 20.3. The SMILES string of the molecule is CC(C)NC(=O)[C@@H]1C[C@H](N)CN1C(=O)c1cccnc1N(C)C1CCCCC1. The minimum absolute atomic E-state index is 0.0210. The predicted octanol–water partition coefficient (Wildman–Crippen LogP) is 1.92. The fraction of sp³-hybridized carbons (Fsp3) is 0.667. The number of carbonyl (C=O) groups is 2. The van der Waals surface area contributed by atoms with Gasteiger partial charge in [0.05, 0.1) is 5.56 Å². The van der Waals surface area contributed by atoms with Gasteiger partial charge in [0, 0.05) is 37.9 Å². The Hall–Kier alpha value is -2.15. The van der Waals surface area contributed by atoms with Crippen molar-refractivity contribution >= 4 is 17.6 Å². The molecular formula is C21H33N5O2. The van der Waals surface area contributed by atoms with E-state index in [1.807, 2.05) is 27.0 Å². The molecule has 2 amide bonds. The molecule has 28 heavy (non-hydrogen) atoms. The van der Waals surface area contributed by atoms with Gasteiger partial charge in [0.1, 0.15) is 11.9 Å². The summed E-state index contributed by atoms with van der Waals surface area (Å²) in [7, 11) is 2.02. The molecule has 1 aliphatic carbocycles. The molecule has 2 aliphatic rings. The lowest BCUT2D eigenvalue weighted by atomic mass is 9.94. The van der Waals surface area contributed by atoms with Gasteiger partial charge in [-0.25, -0.2) is 4.98 Å². The summed E-state index contributed by atoms with van der Waals surface area (Å²) in [6.45, 7) is 4.21. The van der Waals surface area contributed by atoms with Gasteiger partial charge < -0.3 is 20.9 Å². The average Bonchev–Trinajstić information content (AvgIpc) is 3.09. The molecule has 3 N–H and O–H groups in total. The fourth-order valence-corrected chi connectivity index (χ4v) is 4.36. The van der Waals surface area contributed by atoms with E-state index < -0.39 is 6.04 Å². The molecule has 0 aromatic carbocycles. The Bertz CT molecular complexity index is 702. The van der Waals surface area contributed by atoms with E-state index in [1.54, 1.807) is 17.2 Å². The van der Waals surface area contributed by atoms with Gasteiger partial charge in [-0.05, 0) is 45.2 Å². The third-order valence-electron chi connectivity index (χ3n) is 5.80. The van der Waals surface area contributed by atoms with Gasteiger partial charge in [-0.1, -0.05) is 19.3 Å². The maximum Gasteiger partial charge on any atom is 0.258 e. The van der Waals surface area contributed by atoms with E-state index >= 15 is 0 Å². The molecule has 1 aromatic heterocycles. The topological polar surface area (TPSA) is 91.6 Å². The van der Waals surface area contributed by atoms with Crippen LogP contribution in [0.15, 0.2) is 18.3 Å². The number of hydrogen-bond donors (Lipinski definition) is 2. The van der Waals surface area contributed by atoms with Gasteiger partial charge in [0.15, 0.2) is 0 Å². The molecule has 2 heterocycles. The van der Waals surface area contributed by atoms with Gasteiger partial charge in [-0.15, -0.1) is 0 Å². The lowest BCUT2D eigenvalue weighted by Gasteiger charge is -2.33. The molecule has 1 aliphatic heterocycles. The third-order valence-corrected chi connectivity index (χ3v) is 5.80. The molecule has 7 nitrogen and oxygen atoms in total. The zero-order valence-electron chi connectivity index (χ0n) is 17.2. The molecule has 0 radical (unpaired) electrons. The highest BCUT2D eigenvalue weighted by Gasteiger charge is 2.39. The first-order valence-corrected chi connectivity index (χ1v) is 10.4. The van der Waals surface area contributed by atoms with Crippen LogP contribution in [0.1, 0.15) is 62.7 Å². The Kier molecular flexibility index (Phi) is 6.54. The van der Waals surface area contributed by atoms with Crippen LogP contribution in [0.2, 0.25) is 0 Å². The highest BCUT2D eigenvalue weighted by atomic mass is 16.2. The highest BCUT2D eigenvalue weighted by molar-refractivity contribution is 6.01. The molecule has 1 saturated heterocycles. The van der Waals surface area contributed by atoms with Crippen molar-refractivity contribution in [2.45, 2.75) is 76.5 Å². The molecule has 7 heteroatoms. The normalized spacial score (nSPS) is 23.1. The number of nitrogens with two attached hydrogens (primary N) is 1. The van der Waals surface area contributed by atoms with Gasteiger partial charge >= 0.3 is 0 Å². The monoisotopic (exact) mass is 387 g/mol. The largest absolute Gasteiger partial charge is 0.356 e. The van der Waals surface area contributed by atoms with E-state index in [2.05, 4.69) is 15.2 Å². The summed E-state index contributed by atoms with van der Waals surface area (Å²) in [5.41, 5.74) is 6.66. The number of nitrogens with zero attached hydrogens (tertiary/aromatic N) is 3. The molecule has 2 fully saturated rings. The number of hydrogen-bond acceptors (Lipinski definition) is 5. The second-order valence-corrected chi connectivity index (χ2v) is 8.41. The van der Waals surface area contributed by atoms with E-state index in [1.165, 1.54) is 19.3 Å². The minimum atomic E-state index is -0.530. The second kappa shape index (κ2) is 8.90. The van der Waals surface area contributed by atoms with Crippen molar-refractivity contribution in [2.75, 3.05) is 18.5 Å². The maximum absolute atomic E-state index is 13.4. The Morgan fingerprint density at radius 3 is 2.68 bits per heavy atom. The van der Waals surface area contributed by atoms with E-state index in [4.69, 9.17) is 5.73 Å². The Balaban J connectivity index is 1.84. The molecular weight excluding hydrogens is 354 g/mol. The van der Waals surface area contributed by atoms with Crippen molar-refractivity contribution in [2.24, 2.45) is 5.73 Å². The van der Waals surface area contributed by atoms with Crippen molar-refractivity contribution in [1.29, 1.82) is 0 Å². The summed E-state index contributed by atoms with van der Waals surface area (Å²) in [5.74, 6) is 0.396. The highest BCUT2D eigenvalue weighted by Crippen LogP contribution is 2.29. The van der Waals surface area contributed by atoms with Gasteiger partial charge in [-0.2, -0.15) is 0 Å². The van der Waals surface area contributed by atoms with E-state index in [9.17, 15) is 9.59 Å². The molecule has 2 atom stereocenters. The first kappa shape index (κ1) is 20.6. The minimum Gasteiger partial charge on any atom is -0.356 e. The van der Waals surface area contributed by atoms with Crippen LogP contribution in [0, 0.1) is 0 Å². The zero-order valence-corrected chi connectivity index (χ0v) is 17.2. The average molecular weight is 388 g/mol. The number of amides is 2. The molecule has 0 bridgehead atoms. The number of likely N-dealkylation sites (tertiary alicyclic amines) is 1. The van der Waals surface area contributed by atoms with Crippen LogP contribution >= 0.6 is 0 Å². The van der Waals surface area contributed by atoms with E-state index in [0.717, 1.165) is 12.8 Å². The van der Waals surface area contributed by atoms with Gasteiger partial charge in [0.2, 0.25) is 5.91 Å². The molecule has 0 spiro atoms. The first-order valence-electron chi connectivity index (χ1n) is 10.4. The van der Waals surface area contributed by atoms with Crippen molar-refractivity contribution in [3.05, 3.63) is 23.9 Å². The smallest absolute Gasteiger partial charge is 0.258 e. The van der Waals surface area contributed by atoms with Crippen molar-refractivity contribution in [3.8, 4) is 0 Å². The van der Waals surface area contributed by atoms with E-state index in [0.29, 0.717) is 30.4 Å². The molecule has 154 valence electrons. The summed E-state index contributed by atoms with van der Waals surface area (Å²) in [4.78, 5) is 34.3. The number of pyridine rings is 1. The summed E-state index contributed by atoms with van der Waals surface area (Å²) < 4.78 is 0. The lowest BCUT2D eigenvalue weighted by molar-refractivity contribution is -0.125. The Labute approximate surface area is 167 Å². The van der Waals surface area contributed by atoms with Crippen LogP contribution in [-0.2, 0) is 4.79 Å². The number of carbonyl (C=O) groups excluding carboxylic acids is 2. The number of nitrogens with one attached hydrogen (secondary N) is 1. The first-order chi connectivity index (χ1) is 13.4. The van der Waals surface area contributed by atoms with Crippen LogP contribution in [0.3, 0.4) is 0 Å². The predicted molar refractivity (Wildman–Crippen MR) is 110 cm³/mol. The summed E-state index contributed by atoms with van der Waals surface area (Å²) in [6.07, 6.45) is 8.15. The van der Waals surface area contributed by atoms with Crippen LogP contribution < -0.4 is 16.0 Å². The number of aromatic nitrogens is 1. The molecule has 3 rings (SSSR count). The quantitative estimate of drug-likeness (QED) is 0.805. The summed E-state index contributed by atoms with van der Waals surface area (Å²) in [6, 6.07) is 3.29. The van der Waals surface area contributed by atoms with Crippen LogP contribution in [0.25, 0.3) is 0 Å². The second-order valence-electron chi connectivity index (χ2n) is 8.41. The molecule has 0 unspecified atom stereocenters. The summed E-state index contributed by atoms with van der Waals surface area (Å²) >= 11 is 0. The lowest BCUT2D eigenvalue weighted by Crippen LogP contribution is -2.48. The van der Waals surface area contributed by atoms with Gasteiger partial charge in [0.25, 0.3) is 5.91 Å². The van der Waals surface area contributed by atoms with Crippen LogP contribution in [0.5, 0.6) is 0 Å². The van der Waals surface area contributed by atoms with E-state index in [-0.39, 0.29) is 23.9 Å². The van der Waals surface area contributed by atoms with Gasteiger partial charge in [-0.3, -0.25) is 9.59 Å². The number of anilines is 1.